The Labute approximate surface area is 116 Å². The summed E-state index contributed by atoms with van der Waals surface area (Å²) in [7, 11) is 0. The zero-order chi connectivity index (χ0) is 10.8. The smallest absolute Gasteiger partial charge is 0.0928 e. The lowest BCUT2D eigenvalue weighted by atomic mass is 10.1. The third kappa shape index (κ3) is 2.67. The van der Waals surface area contributed by atoms with Crippen LogP contribution in [0.15, 0.2) is 35.7 Å². The van der Waals surface area contributed by atoms with E-state index in [2.05, 4.69) is 22.6 Å². The van der Waals surface area contributed by atoms with Crippen molar-refractivity contribution < 1.29 is 0 Å². The van der Waals surface area contributed by atoms with Crippen LogP contribution in [-0.2, 0) is 0 Å². The van der Waals surface area contributed by atoms with Crippen molar-refractivity contribution in [3.05, 3.63) is 54.7 Å². The molecular weight excluding hydrogens is 362 g/mol. The Kier molecular flexibility index (Phi) is 3.93. The van der Waals surface area contributed by atoms with E-state index in [4.69, 9.17) is 23.2 Å². The molecule has 4 heteroatoms. The number of hydrogen-bond donors (Lipinski definition) is 0. The van der Waals surface area contributed by atoms with Gasteiger partial charge in [-0.05, 0) is 51.7 Å². The van der Waals surface area contributed by atoms with Gasteiger partial charge in [0.2, 0.25) is 0 Å². The Morgan fingerprint density at radius 3 is 2.67 bits per heavy atom. The minimum absolute atomic E-state index is 0.0977. The second kappa shape index (κ2) is 5.04. The van der Waals surface area contributed by atoms with E-state index >= 15 is 0 Å². The molecule has 0 bridgehead atoms. The van der Waals surface area contributed by atoms with E-state index in [1.807, 2.05) is 35.7 Å². The maximum Gasteiger partial charge on any atom is 0.0928 e. The zero-order valence-electron chi connectivity index (χ0n) is 7.58. The molecule has 15 heavy (non-hydrogen) atoms. The molecule has 0 nitrogen and oxygen atoms in total. The molecule has 0 radical (unpaired) electrons. The highest BCUT2D eigenvalue weighted by atomic mass is 127. The van der Waals surface area contributed by atoms with Gasteiger partial charge in [-0.1, -0.05) is 23.7 Å². The summed E-state index contributed by atoms with van der Waals surface area (Å²) in [5.74, 6) is 0. The minimum atomic E-state index is -0.0977. The van der Waals surface area contributed by atoms with Crippen molar-refractivity contribution in [2.45, 2.75) is 5.38 Å². The standard InChI is InChI=1S/C11H7Cl2IS/c12-8-6-7(3-4-9(8)14)11(13)10-2-1-5-15-10/h1-6,11H. The first kappa shape index (κ1) is 11.7. The van der Waals surface area contributed by atoms with Crippen LogP contribution in [0.4, 0.5) is 0 Å². The van der Waals surface area contributed by atoms with Gasteiger partial charge in [0.15, 0.2) is 0 Å². The number of hydrogen-bond acceptors (Lipinski definition) is 1. The molecule has 0 N–H and O–H groups in total. The van der Waals surface area contributed by atoms with E-state index in [1.165, 1.54) is 0 Å². The van der Waals surface area contributed by atoms with Crippen molar-refractivity contribution in [2.24, 2.45) is 0 Å². The molecule has 0 aliphatic rings. The summed E-state index contributed by atoms with van der Waals surface area (Å²) in [6, 6.07) is 9.98. The molecule has 1 heterocycles. The number of thiophene rings is 1. The summed E-state index contributed by atoms with van der Waals surface area (Å²) in [5.41, 5.74) is 1.05. The molecule has 0 saturated heterocycles. The first-order chi connectivity index (χ1) is 7.18. The van der Waals surface area contributed by atoms with Crippen molar-refractivity contribution in [2.75, 3.05) is 0 Å². The van der Waals surface area contributed by atoms with Crippen LogP contribution in [0.25, 0.3) is 0 Å². The molecule has 0 spiro atoms. The fourth-order valence-corrected chi connectivity index (χ4v) is 2.88. The van der Waals surface area contributed by atoms with Crippen LogP contribution < -0.4 is 0 Å². The van der Waals surface area contributed by atoms with Gasteiger partial charge < -0.3 is 0 Å². The minimum Gasteiger partial charge on any atom is -0.147 e. The molecule has 78 valence electrons. The summed E-state index contributed by atoms with van der Waals surface area (Å²) in [5, 5.41) is 2.69. The molecular formula is C11H7Cl2IS. The molecule has 0 aliphatic heterocycles. The summed E-state index contributed by atoms with van der Waals surface area (Å²) in [4.78, 5) is 1.15. The lowest BCUT2D eigenvalue weighted by molar-refractivity contribution is 1.18. The summed E-state index contributed by atoms with van der Waals surface area (Å²) in [6.07, 6.45) is 0. The summed E-state index contributed by atoms with van der Waals surface area (Å²) >= 11 is 16.3. The van der Waals surface area contributed by atoms with Crippen LogP contribution >= 0.6 is 57.1 Å². The first-order valence-corrected chi connectivity index (χ1v) is 7.08. The van der Waals surface area contributed by atoms with Crippen molar-refractivity contribution in [1.82, 2.24) is 0 Å². The Morgan fingerprint density at radius 1 is 1.27 bits per heavy atom. The van der Waals surface area contributed by atoms with Crippen molar-refractivity contribution in [3.8, 4) is 0 Å². The monoisotopic (exact) mass is 368 g/mol. The van der Waals surface area contributed by atoms with E-state index in [1.54, 1.807) is 11.3 Å². The van der Waals surface area contributed by atoms with E-state index in [-0.39, 0.29) is 5.38 Å². The van der Waals surface area contributed by atoms with E-state index in [9.17, 15) is 0 Å². The van der Waals surface area contributed by atoms with E-state index in [0.717, 1.165) is 19.0 Å². The number of rotatable bonds is 2. The van der Waals surface area contributed by atoms with E-state index < -0.39 is 0 Å². The van der Waals surface area contributed by atoms with Gasteiger partial charge in [-0.2, -0.15) is 0 Å². The van der Waals surface area contributed by atoms with Crippen LogP contribution in [0.2, 0.25) is 5.02 Å². The molecule has 1 aromatic carbocycles. The average molecular weight is 369 g/mol. The van der Waals surface area contributed by atoms with Crippen LogP contribution in [-0.4, -0.2) is 0 Å². The summed E-state index contributed by atoms with van der Waals surface area (Å²) < 4.78 is 1.05. The van der Waals surface area contributed by atoms with Crippen LogP contribution in [0.3, 0.4) is 0 Å². The number of halogens is 3. The maximum absolute atomic E-state index is 6.35. The van der Waals surface area contributed by atoms with Gasteiger partial charge in [0.1, 0.15) is 0 Å². The number of benzene rings is 1. The van der Waals surface area contributed by atoms with E-state index in [0.29, 0.717) is 0 Å². The third-order valence-electron chi connectivity index (χ3n) is 2.03. The van der Waals surface area contributed by atoms with Crippen LogP contribution in [0.5, 0.6) is 0 Å². The first-order valence-electron chi connectivity index (χ1n) is 4.31. The van der Waals surface area contributed by atoms with Crippen LogP contribution in [0, 0.1) is 3.57 Å². The fourth-order valence-electron chi connectivity index (χ4n) is 1.27. The predicted octanol–water partition coefficient (Wildman–Crippen LogP) is 5.33. The average Bonchev–Trinajstić information content (AvgIpc) is 2.74. The Hall–Kier alpha value is 0.230. The highest BCUT2D eigenvalue weighted by molar-refractivity contribution is 14.1. The molecule has 1 unspecified atom stereocenters. The third-order valence-corrected chi connectivity index (χ3v) is 5.16. The lowest BCUT2D eigenvalue weighted by Gasteiger charge is -2.08. The van der Waals surface area contributed by atoms with Gasteiger partial charge in [0.25, 0.3) is 0 Å². The second-order valence-corrected chi connectivity index (χ2v) is 6.04. The largest absolute Gasteiger partial charge is 0.147 e. The Bertz CT molecular complexity index is 454. The number of alkyl halides is 1. The Balaban J connectivity index is 2.34. The highest BCUT2D eigenvalue weighted by Crippen LogP contribution is 2.33. The van der Waals surface area contributed by atoms with Gasteiger partial charge in [-0.25, -0.2) is 0 Å². The molecule has 0 fully saturated rings. The molecule has 1 aromatic heterocycles. The SMILES string of the molecule is Clc1cc(C(Cl)c2cccs2)ccc1I. The predicted molar refractivity (Wildman–Crippen MR) is 76.2 cm³/mol. The van der Waals surface area contributed by atoms with Gasteiger partial charge in [-0.15, -0.1) is 22.9 Å². The normalized spacial score (nSPS) is 12.7. The lowest BCUT2D eigenvalue weighted by Crippen LogP contribution is -1.90. The molecule has 0 aliphatic carbocycles. The topological polar surface area (TPSA) is 0 Å². The quantitative estimate of drug-likeness (QED) is 0.496. The highest BCUT2D eigenvalue weighted by Gasteiger charge is 2.12. The van der Waals surface area contributed by atoms with Gasteiger partial charge in [-0.3, -0.25) is 0 Å². The van der Waals surface area contributed by atoms with Crippen molar-refractivity contribution in [1.29, 1.82) is 0 Å². The van der Waals surface area contributed by atoms with Crippen LogP contribution in [0.1, 0.15) is 15.8 Å². The molecule has 0 amide bonds. The van der Waals surface area contributed by atoms with Crippen molar-refractivity contribution in [3.63, 3.8) is 0 Å². The molecule has 2 aromatic rings. The second-order valence-electron chi connectivity index (χ2n) is 3.05. The molecule has 1 atom stereocenters. The van der Waals surface area contributed by atoms with Gasteiger partial charge in [0, 0.05) is 8.45 Å². The molecule has 0 saturated carbocycles. The zero-order valence-corrected chi connectivity index (χ0v) is 12.1. The molecule has 2 rings (SSSR count). The maximum atomic E-state index is 6.35. The summed E-state index contributed by atoms with van der Waals surface area (Å²) in [6.45, 7) is 0. The van der Waals surface area contributed by atoms with Crippen molar-refractivity contribution >= 4 is 57.1 Å². The van der Waals surface area contributed by atoms with Gasteiger partial charge >= 0.3 is 0 Å². The fraction of sp³-hybridized carbons (Fsp3) is 0.0909. The van der Waals surface area contributed by atoms with Gasteiger partial charge in [0.05, 0.1) is 10.4 Å². The Morgan fingerprint density at radius 2 is 2.07 bits per heavy atom.